The van der Waals surface area contributed by atoms with Crippen LogP contribution in [0.25, 0.3) is 0 Å². The standard InChI is InChI=1S/C12H17FN2O2S/c1-9-11(13)5-2-6-12(9)18(16,17)15-8-10-4-3-7-14-10/h2,5-6,10,14-15H,3-4,7-8H2,1H3. The van der Waals surface area contributed by atoms with Gasteiger partial charge in [0.05, 0.1) is 4.90 Å². The second kappa shape index (κ2) is 5.34. The topological polar surface area (TPSA) is 58.2 Å². The first kappa shape index (κ1) is 13.5. The molecule has 1 unspecified atom stereocenters. The number of hydrogen-bond donors (Lipinski definition) is 2. The first-order chi connectivity index (χ1) is 8.50. The molecule has 1 aromatic carbocycles. The van der Waals surface area contributed by atoms with Gasteiger partial charge in [0.1, 0.15) is 5.82 Å². The Morgan fingerprint density at radius 2 is 2.28 bits per heavy atom. The first-order valence-corrected chi connectivity index (χ1v) is 7.47. The van der Waals surface area contributed by atoms with Crippen LogP contribution < -0.4 is 10.0 Å². The van der Waals surface area contributed by atoms with Gasteiger partial charge in [-0.2, -0.15) is 0 Å². The van der Waals surface area contributed by atoms with E-state index in [-0.39, 0.29) is 16.5 Å². The maximum atomic E-state index is 13.3. The summed E-state index contributed by atoms with van der Waals surface area (Å²) in [6.45, 7) is 2.74. The van der Waals surface area contributed by atoms with Crippen LogP contribution in [-0.4, -0.2) is 27.5 Å². The van der Waals surface area contributed by atoms with Crippen LogP contribution in [0.3, 0.4) is 0 Å². The number of halogens is 1. The van der Waals surface area contributed by atoms with Crippen molar-refractivity contribution >= 4 is 10.0 Å². The fraction of sp³-hybridized carbons (Fsp3) is 0.500. The van der Waals surface area contributed by atoms with Gasteiger partial charge in [0.15, 0.2) is 0 Å². The molecule has 18 heavy (non-hydrogen) atoms. The normalized spacial score (nSPS) is 20.2. The van der Waals surface area contributed by atoms with E-state index in [2.05, 4.69) is 10.0 Å². The summed E-state index contributed by atoms with van der Waals surface area (Å²) in [6.07, 6.45) is 2.02. The van der Waals surface area contributed by atoms with Gasteiger partial charge in [-0.05, 0) is 38.4 Å². The summed E-state index contributed by atoms with van der Waals surface area (Å²) in [5.74, 6) is -0.503. The minimum atomic E-state index is -3.63. The Kier molecular flexibility index (Phi) is 3.99. The highest BCUT2D eigenvalue weighted by atomic mass is 32.2. The van der Waals surface area contributed by atoms with Gasteiger partial charge in [-0.3, -0.25) is 0 Å². The van der Waals surface area contributed by atoms with Crippen LogP contribution in [0.5, 0.6) is 0 Å². The van der Waals surface area contributed by atoms with E-state index in [4.69, 9.17) is 0 Å². The van der Waals surface area contributed by atoms with Crippen molar-refractivity contribution < 1.29 is 12.8 Å². The van der Waals surface area contributed by atoms with E-state index in [9.17, 15) is 12.8 Å². The third kappa shape index (κ3) is 2.88. The number of rotatable bonds is 4. The average Bonchev–Trinajstić information content (AvgIpc) is 2.83. The van der Waals surface area contributed by atoms with Crippen molar-refractivity contribution in [2.24, 2.45) is 0 Å². The smallest absolute Gasteiger partial charge is 0.240 e. The Hall–Kier alpha value is -0.980. The minimum absolute atomic E-state index is 0.0143. The van der Waals surface area contributed by atoms with Gasteiger partial charge in [-0.25, -0.2) is 17.5 Å². The molecule has 0 saturated carbocycles. The molecular weight excluding hydrogens is 255 g/mol. The predicted molar refractivity (Wildman–Crippen MR) is 67.4 cm³/mol. The molecule has 2 N–H and O–H groups in total. The zero-order valence-electron chi connectivity index (χ0n) is 10.2. The third-order valence-electron chi connectivity index (χ3n) is 3.19. The molecule has 1 atom stereocenters. The second-order valence-corrected chi connectivity index (χ2v) is 6.24. The lowest BCUT2D eigenvalue weighted by Crippen LogP contribution is -2.37. The summed E-state index contributed by atoms with van der Waals surface area (Å²) in [5, 5.41) is 3.21. The molecule has 1 aromatic rings. The van der Waals surface area contributed by atoms with E-state index in [1.165, 1.54) is 25.1 Å². The van der Waals surface area contributed by atoms with Crippen LogP contribution in [-0.2, 0) is 10.0 Å². The average molecular weight is 272 g/mol. The van der Waals surface area contributed by atoms with Crippen molar-refractivity contribution in [2.75, 3.05) is 13.1 Å². The zero-order valence-corrected chi connectivity index (χ0v) is 11.1. The van der Waals surface area contributed by atoms with Crippen LogP contribution in [0.4, 0.5) is 4.39 Å². The summed E-state index contributed by atoms with van der Waals surface area (Å²) in [5.41, 5.74) is 0.157. The number of benzene rings is 1. The van der Waals surface area contributed by atoms with Gasteiger partial charge in [0.2, 0.25) is 10.0 Å². The molecule has 1 heterocycles. The van der Waals surface area contributed by atoms with Crippen molar-refractivity contribution in [1.29, 1.82) is 0 Å². The minimum Gasteiger partial charge on any atom is -0.313 e. The highest BCUT2D eigenvalue weighted by Crippen LogP contribution is 2.17. The van der Waals surface area contributed by atoms with Gasteiger partial charge < -0.3 is 5.32 Å². The van der Waals surface area contributed by atoms with Crippen LogP contribution in [0, 0.1) is 12.7 Å². The van der Waals surface area contributed by atoms with E-state index in [1.54, 1.807) is 0 Å². The molecular formula is C12H17FN2O2S. The van der Waals surface area contributed by atoms with E-state index in [0.717, 1.165) is 19.4 Å². The summed E-state index contributed by atoms with van der Waals surface area (Å²) >= 11 is 0. The Labute approximate surface area is 107 Å². The molecule has 0 radical (unpaired) electrons. The molecule has 0 spiro atoms. The monoisotopic (exact) mass is 272 g/mol. The van der Waals surface area contributed by atoms with Gasteiger partial charge in [0, 0.05) is 18.2 Å². The summed E-state index contributed by atoms with van der Waals surface area (Å²) < 4.78 is 40.0. The SMILES string of the molecule is Cc1c(F)cccc1S(=O)(=O)NCC1CCCN1. The van der Waals surface area contributed by atoms with E-state index in [1.807, 2.05) is 0 Å². The van der Waals surface area contributed by atoms with Gasteiger partial charge in [0.25, 0.3) is 0 Å². The van der Waals surface area contributed by atoms with Crippen molar-refractivity contribution in [1.82, 2.24) is 10.0 Å². The van der Waals surface area contributed by atoms with E-state index < -0.39 is 15.8 Å². The Bertz CT molecular complexity index is 525. The van der Waals surface area contributed by atoms with E-state index in [0.29, 0.717) is 6.54 Å². The molecule has 6 heteroatoms. The first-order valence-electron chi connectivity index (χ1n) is 5.99. The molecule has 4 nitrogen and oxygen atoms in total. The molecule has 0 aliphatic carbocycles. The van der Waals surface area contributed by atoms with Crippen molar-refractivity contribution in [3.05, 3.63) is 29.6 Å². The van der Waals surface area contributed by atoms with Gasteiger partial charge in [-0.1, -0.05) is 6.07 Å². The predicted octanol–water partition coefficient (Wildman–Crippen LogP) is 1.16. The Morgan fingerprint density at radius 1 is 1.50 bits per heavy atom. The van der Waals surface area contributed by atoms with Crippen molar-refractivity contribution in [2.45, 2.75) is 30.7 Å². The van der Waals surface area contributed by atoms with E-state index >= 15 is 0 Å². The maximum Gasteiger partial charge on any atom is 0.240 e. The van der Waals surface area contributed by atoms with Crippen molar-refractivity contribution in [3.63, 3.8) is 0 Å². The quantitative estimate of drug-likeness (QED) is 0.865. The van der Waals surface area contributed by atoms with Crippen LogP contribution in [0.2, 0.25) is 0 Å². The summed E-state index contributed by atoms with van der Waals surface area (Å²) in [4.78, 5) is 0.0143. The maximum absolute atomic E-state index is 13.3. The fourth-order valence-electron chi connectivity index (χ4n) is 2.10. The van der Waals surface area contributed by atoms with Crippen LogP contribution in [0.15, 0.2) is 23.1 Å². The Morgan fingerprint density at radius 3 is 2.94 bits per heavy atom. The molecule has 1 fully saturated rings. The lowest BCUT2D eigenvalue weighted by Gasteiger charge is -2.13. The molecule has 0 bridgehead atoms. The molecule has 1 aliphatic rings. The Balaban J connectivity index is 2.12. The van der Waals surface area contributed by atoms with Crippen molar-refractivity contribution in [3.8, 4) is 0 Å². The highest BCUT2D eigenvalue weighted by Gasteiger charge is 2.21. The summed E-state index contributed by atoms with van der Waals surface area (Å²) in [6, 6.07) is 4.26. The third-order valence-corrected chi connectivity index (χ3v) is 4.76. The number of sulfonamides is 1. The fourth-order valence-corrected chi connectivity index (χ4v) is 3.43. The molecule has 2 rings (SSSR count). The van der Waals surface area contributed by atoms with Crippen LogP contribution in [0.1, 0.15) is 18.4 Å². The highest BCUT2D eigenvalue weighted by molar-refractivity contribution is 7.89. The molecule has 0 amide bonds. The molecule has 100 valence electrons. The molecule has 1 aliphatic heterocycles. The number of hydrogen-bond acceptors (Lipinski definition) is 3. The molecule has 1 saturated heterocycles. The zero-order chi connectivity index (χ0) is 13.2. The van der Waals surface area contributed by atoms with Crippen LogP contribution >= 0.6 is 0 Å². The lowest BCUT2D eigenvalue weighted by molar-refractivity contribution is 0.549. The second-order valence-electron chi connectivity index (χ2n) is 4.51. The lowest BCUT2D eigenvalue weighted by atomic mass is 10.2. The molecule has 0 aromatic heterocycles. The number of nitrogens with one attached hydrogen (secondary N) is 2. The van der Waals surface area contributed by atoms with Gasteiger partial charge in [-0.15, -0.1) is 0 Å². The largest absolute Gasteiger partial charge is 0.313 e. The van der Waals surface area contributed by atoms with Gasteiger partial charge >= 0.3 is 0 Å². The summed E-state index contributed by atoms with van der Waals surface area (Å²) in [7, 11) is -3.63.